The van der Waals surface area contributed by atoms with E-state index in [0.29, 0.717) is 25.3 Å². The zero-order valence-electron chi connectivity index (χ0n) is 14.9. The van der Waals surface area contributed by atoms with E-state index < -0.39 is 9.84 Å². The number of carbonyl (C=O) groups excluding carboxylic acids is 1. The number of nitrogens with zero attached hydrogens (tertiary/aromatic N) is 4. The van der Waals surface area contributed by atoms with Crippen LogP contribution in [-0.4, -0.2) is 78.1 Å². The molecule has 0 radical (unpaired) electrons. The molecule has 2 saturated heterocycles. The second-order valence-corrected chi connectivity index (χ2v) is 9.57. The maximum absolute atomic E-state index is 12.4. The lowest BCUT2D eigenvalue weighted by atomic mass is 9.96. The molecule has 8 heteroatoms. The highest BCUT2D eigenvalue weighted by atomic mass is 32.2. The Labute approximate surface area is 149 Å². The maximum Gasteiger partial charge on any atom is 0.223 e. The first-order valence-electron chi connectivity index (χ1n) is 9.09. The van der Waals surface area contributed by atoms with E-state index in [-0.39, 0.29) is 23.5 Å². The van der Waals surface area contributed by atoms with Gasteiger partial charge in [-0.3, -0.25) is 9.48 Å². The molecule has 140 valence electrons. The Bertz CT molecular complexity index is 666. The second-order valence-electron chi connectivity index (χ2n) is 7.34. The molecule has 0 aromatic carbocycles. The molecule has 0 aliphatic carbocycles. The van der Waals surface area contributed by atoms with Crippen LogP contribution in [0.1, 0.15) is 25.7 Å². The van der Waals surface area contributed by atoms with Gasteiger partial charge in [0, 0.05) is 51.0 Å². The molecule has 1 amide bonds. The minimum absolute atomic E-state index is 0.0672. The van der Waals surface area contributed by atoms with Gasteiger partial charge in [-0.2, -0.15) is 5.10 Å². The van der Waals surface area contributed by atoms with Gasteiger partial charge in [0.25, 0.3) is 0 Å². The summed E-state index contributed by atoms with van der Waals surface area (Å²) in [6, 6.07) is 2.00. The molecule has 0 bridgehead atoms. The largest absolute Gasteiger partial charge is 0.343 e. The van der Waals surface area contributed by atoms with Crippen molar-refractivity contribution in [2.75, 3.05) is 38.2 Å². The Morgan fingerprint density at radius 2 is 2.04 bits per heavy atom. The van der Waals surface area contributed by atoms with Crippen LogP contribution in [0, 0.1) is 5.92 Å². The third-order valence-corrected chi connectivity index (χ3v) is 7.23. The fourth-order valence-electron chi connectivity index (χ4n) is 3.77. The summed E-state index contributed by atoms with van der Waals surface area (Å²) in [5.74, 6) is 1.27. The third-order valence-electron chi connectivity index (χ3n) is 5.48. The van der Waals surface area contributed by atoms with E-state index in [9.17, 15) is 13.2 Å². The van der Waals surface area contributed by atoms with Crippen molar-refractivity contribution in [3.05, 3.63) is 18.5 Å². The third kappa shape index (κ3) is 5.04. The predicted molar refractivity (Wildman–Crippen MR) is 95.8 cm³/mol. The van der Waals surface area contributed by atoms with Crippen molar-refractivity contribution < 1.29 is 13.2 Å². The molecule has 1 aromatic heterocycles. The van der Waals surface area contributed by atoms with Gasteiger partial charge in [-0.05, 0) is 38.3 Å². The molecule has 0 spiro atoms. The quantitative estimate of drug-likeness (QED) is 0.736. The van der Waals surface area contributed by atoms with E-state index in [2.05, 4.69) is 5.10 Å². The summed E-state index contributed by atoms with van der Waals surface area (Å²) in [7, 11) is -0.946. The standard InChI is InChI=1S/C17H28N4O3S/c1-19(16-6-12-25(23,24)14-16)9-5-17(22)20-10-3-15(4-11-20)13-21-8-2-7-18-21/h2,7-8,15-16H,3-6,9-14H2,1H3/t16-/m1/s1. The lowest BCUT2D eigenvalue weighted by molar-refractivity contribution is -0.133. The number of aromatic nitrogens is 2. The molecule has 2 fully saturated rings. The monoisotopic (exact) mass is 368 g/mol. The van der Waals surface area contributed by atoms with E-state index in [1.54, 1.807) is 6.20 Å². The van der Waals surface area contributed by atoms with E-state index in [4.69, 9.17) is 0 Å². The molecule has 0 unspecified atom stereocenters. The summed E-state index contributed by atoms with van der Waals surface area (Å²) < 4.78 is 25.1. The minimum atomic E-state index is -2.87. The van der Waals surface area contributed by atoms with Gasteiger partial charge in [0.1, 0.15) is 0 Å². The molecule has 2 aliphatic rings. The van der Waals surface area contributed by atoms with Gasteiger partial charge < -0.3 is 9.80 Å². The molecule has 1 aromatic rings. The lowest BCUT2D eigenvalue weighted by Crippen LogP contribution is -2.41. The first-order chi connectivity index (χ1) is 11.9. The van der Waals surface area contributed by atoms with E-state index in [0.717, 1.165) is 32.5 Å². The van der Waals surface area contributed by atoms with E-state index >= 15 is 0 Å². The van der Waals surface area contributed by atoms with Crippen LogP contribution >= 0.6 is 0 Å². The van der Waals surface area contributed by atoms with Crippen LogP contribution in [0.2, 0.25) is 0 Å². The molecule has 1 atom stereocenters. The Balaban J connectivity index is 1.38. The summed E-state index contributed by atoms with van der Waals surface area (Å²) in [5.41, 5.74) is 0. The molecule has 3 heterocycles. The van der Waals surface area contributed by atoms with Crippen molar-refractivity contribution in [2.45, 2.75) is 38.3 Å². The summed E-state index contributed by atoms with van der Waals surface area (Å²) in [5, 5.41) is 4.25. The van der Waals surface area contributed by atoms with Crippen molar-refractivity contribution in [1.82, 2.24) is 19.6 Å². The molecule has 3 rings (SSSR count). The number of hydrogen-bond acceptors (Lipinski definition) is 5. The van der Waals surface area contributed by atoms with Crippen LogP contribution in [0.25, 0.3) is 0 Å². The number of amides is 1. The molecule has 7 nitrogen and oxygen atoms in total. The van der Waals surface area contributed by atoms with Crippen molar-refractivity contribution in [1.29, 1.82) is 0 Å². The van der Waals surface area contributed by atoms with Crippen LogP contribution in [-0.2, 0) is 21.2 Å². The number of sulfone groups is 1. The Morgan fingerprint density at radius 3 is 2.64 bits per heavy atom. The first-order valence-corrected chi connectivity index (χ1v) is 10.9. The zero-order chi connectivity index (χ0) is 17.9. The minimum Gasteiger partial charge on any atom is -0.343 e. The van der Waals surface area contributed by atoms with Gasteiger partial charge in [-0.25, -0.2) is 8.42 Å². The van der Waals surface area contributed by atoms with Crippen molar-refractivity contribution >= 4 is 15.7 Å². The van der Waals surface area contributed by atoms with Gasteiger partial charge in [-0.1, -0.05) is 0 Å². The fraction of sp³-hybridized carbons (Fsp3) is 0.765. The molecular weight excluding hydrogens is 340 g/mol. The zero-order valence-corrected chi connectivity index (χ0v) is 15.7. The summed E-state index contributed by atoms with van der Waals surface area (Å²) in [6.45, 7) is 3.18. The van der Waals surface area contributed by atoms with Crippen LogP contribution in [0.4, 0.5) is 0 Å². The molecule has 25 heavy (non-hydrogen) atoms. The number of piperidine rings is 1. The topological polar surface area (TPSA) is 75.5 Å². The number of rotatable bonds is 6. The highest BCUT2D eigenvalue weighted by molar-refractivity contribution is 7.91. The summed E-state index contributed by atoms with van der Waals surface area (Å²) in [4.78, 5) is 16.4. The van der Waals surface area contributed by atoms with Gasteiger partial charge in [0.2, 0.25) is 5.91 Å². The SMILES string of the molecule is CN(CCC(=O)N1CCC(Cn2cccn2)CC1)[C@@H]1CCS(=O)(=O)C1. The number of hydrogen-bond donors (Lipinski definition) is 0. The van der Waals surface area contributed by atoms with Gasteiger partial charge >= 0.3 is 0 Å². The van der Waals surface area contributed by atoms with Crippen molar-refractivity contribution in [3.63, 3.8) is 0 Å². The van der Waals surface area contributed by atoms with E-state index in [1.807, 2.05) is 33.8 Å². The Hall–Kier alpha value is -1.41. The van der Waals surface area contributed by atoms with Crippen LogP contribution in [0.3, 0.4) is 0 Å². The van der Waals surface area contributed by atoms with Gasteiger partial charge in [0.15, 0.2) is 9.84 Å². The Morgan fingerprint density at radius 1 is 1.28 bits per heavy atom. The fourth-order valence-corrected chi connectivity index (χ4v) is 5.58. The highest BCUT2D eigenvalue weighted by Gasteiger charge is 2.31. The predicted octanol–water partition coefficient (Wildman–Crippen LogP) is 0.631. The summed E-state index contributed by atoms with van der Waals surface area (Å²) >= 11 is 0. The van der Waals surface area contributed by atoms with Crippen molar-refractivity contribution in [2.24, 2.45) is 5.92 Å². The van der Waals surface area contributed by atoms with Crippen molar-refractivity contribution in [3.8, 4) is 0 Å². The second kappa shape index (κ2) is 7.86. The average molecular weight is 369 g/mol. The first kappa shape index (κ1) is 18.4. The molecule has 2 aliphatic heterocycles. The molecule has 0 N–H and O–H groups in total. The van der Waals surface area contributed by atoms with Gasteiger partial charge in [-0.15, -0.1) is 0 Å². The van der Waals surface area contributed by atoms with Gasteiger partial charge in [0.05, 0.1) is 11.5 Å². The lowest BCUT2D eigenvalue weighted by Gasteiger charge is -2.32. The molecule has 0 saturated carbocycles. The normalized spacial score (nSPS) is 24.1. The Kier molecular flexibility index (Phi) is 5.78. The highest BCUT2D eigenvalue weighted by Crippen LogP contribution is 2.20. The summed E-state index contributed by atoms with van der Waals surface area (Å²) in [6.07, 6.45) is 6.97. The molecular formula is C17H28N4O3S. The van der Waals surface area contributed by atoms with E-state index in [1.165, 1.54) is 0 Å². The average Bonchev–Trinajstić information content (AvgIpc) is 3.22. The number of carbonyl (C=O) groups is 1. The maximum atomic E-state index is 12.4. The van der Waals surface area contributed by atoms with Crippen LogP contribution < -0.4 is 0 Å². The number of likely N-dealkylation sites (tertiary alicyclic amines) is 1. The smallest absolute Gasteiger partial charge is 0.223 e. The van der Waals surface area contributed by atoms with Crippen LogP contribution in [0.15, 0.2) is 18.5 Å². The van der Waals surface area contributed by atoms with Crippen LogP contribution in [0.5, 0.6) is 0 Å².